The fourth-order valence-electron chi connectivity index (χ4n) is 1.42. The van der Waals surface area contributed by atoms with Gasteiger partial charge in [-0.3, -0.25) is 0 Å². The van der Waals surface area contributed by atoms with Gasteiger partial charge in [-0.1, -0.05) is 18.5 Å². The monoisotopic (exact) mass is 252 g/mol. The van der Waals surface area contributed by atoms with Gasteiger partial charge in [0, 0.05) is 12.7 Å². The summed E-state index contributed by atoms with van der Waals surface area (Å²) in [7, 11) is 0. The molecule has 2 heterocycles. The van der Waals surface area contributed by atoms with Crippen LogP contribution in [0.5, 0.6) is 5.75 Å². The van der Waals surface area contributed by atoms with Crippen LogP contribution < -0.4 is 4.74 Å². The minimum Gasteiger partial charge on any atom is -0.482 e. The predicted octanol–water partition coefficient (Wildman–Crippen LogP) is 2.32. The van der Waals surface area contributed by atoms with Crippen molar-refractivity contribution in [1.82, 2.24) is 19.7 Å². The summed E-state index contributed by atoms with van der Waals surface area (Å²) in [6.45, 7) is 3.26. The van der Waals surface area contributed by atoms with E-state index in [0.717, 1.165) is 18.8 Å². The van der Waals surface area contributed by atoms with Crippen molar-refractivity contribution in [2.75, 3.05) is 0 Å². The second-order valence-electron chi connectivity index (χ2n) is 3.48. The average Bonchev–Trinajstić information content (AvgIpc) is 2.76. The van der Waals surface area contributed by atoms with E-state index in [9.17, 15) is 0 Å². The lowest BCUT2D eigenvalue weighted by Crippen LogP contribution is -2.08. The van der Waals surface area contributed by atoms with Gasteiger partial charge in [-0.15, -0.1) is 0 Å². The molecule has 90 valence electrons. The van der Waals surface area contributed by atoms with E-state index in [1.807, 2.05) is 4.68 Å². The molecule has 0 spiro atoms. The van der Waals surface area contributed by atoms with Gasteiger partial charge < -0.3 is 4.74 Å². The van der Waals surface area contributed by atoms with E-state index in [0.29, 0.717) is 17.5 Å². The minimum absolute atomic E-state index is 0.339. The van der Waals surface area contributed by atoms with Gasteiger partial charge in [0.15, 0.2) is 16.7 Å². The first-order chi connectivity index (χ1) is 8.31. The van der Waals surface area contributed by atoms with Crippen molar-refractivity contribution < 1.29 is 4.74 Å². The minimum atomic E-state index is 0.339. The van der Waals surface area contributed by atoms with Crippen LogP contribution in [-0.2, 0) is 13.2 Å². The van der Waals surface area contributed by atoms with Crippen molar-refractivity contribution in [1.29, 1.82) is 0 Å². The van der Waals surface area contributed by atoms with E-state index in [4.69, 9.17) is 16.3 Å². The zero-order valence-corrected chi connectivity index (χ0v) is 10.3. The Morgan fingerprint density at radius 1 is 1.41 bits per heavy atom. The van der Waals surface area contributed by atoms with E-state index in [-0.39, 0.29) is 0 Å². The van der Waals surface area contributed by atoms with E-state index >= 15 is 0 Å². The lowest BCUT2D eigenvalue weighted by molar-refractivity contribution is 0.285. The Morgan fingerprint density at radius 3 is 3.06 bits per heavy atom. The molecular weight excluding hydrogens is 240 g/mol. The van der Waals surface area contributed by atoms with Crippen molar-refractivity contribution in [3.8, 4) is 5.75 Å². The van der Waals surface area contributed by atoms with Gasteiger partial charge in [0.1, 0.15) is 12.9 Å². The molecule has 0 unspecified atom stereocenters. The number of pyridine rings is 1. The maximum absolute atomic E-state index is 5.89. The lowest BCUT2D eigenvalue weighted by atomic mass is 10.4. The van der Waals surface area contributed by atoms with Crippen LogP contribution in [0.1, 0.15) is 19.2 Å². The molecule has 5 nitrogen and oxygen atoms in total. The van der Waals surface area contributed by atoms with Gasteiger partial charge in [-0.25, -0.2) is 14.6 Å². The molecule has 0 bridgehead atoms. The Bertz CT molecular complexity index is 486. The van der Waals surface area contributed by atoms with Crippen LogP contribution in [-0.4, -0.2) is 19.7 Å². The SMILES string of the molecule is CCCn1ncnc1COc1cccnc1Cl. The second-order valence-corrected chi connectivity index (χ2v) is 3.84. The van der Waals surface area contributed by atoms with Gasteiger partial charge in [-0.2, -0.15) is 5.10 Å². The highest BCUT2D eigenvalue weighted by Crippen LogP contribution is 2.21. The first-order valence-electron chi connectivity index (χ1n) is 5.41. The standard InChI is InChI=1S/C11H13ClN4O/c1-2-6-16-10(14-8-15-16)7-17-9-4-3-5-13-11(9)12/h3-5,8H,2,6-7H2,1H3. The van der Waals surface area contributed by atoms with Crippen LogP contribution in [0.25, 0.3) is 0 Å². The Balaban J connectivity index is 2.02. The Labute approximate surface area is 104 Å². The van der Waals surface area contributed by atoms with Crippen LogP contribution in [0.3, 0.4) is 0 Å². The summed E-state index contributed by atoms with van der Waals surface area (Å²) in [5.41, 5.74) is 0. The highest BCUT2D eigenvalue weighted by atomic mass is 35.5. The number of hydrogen-bond acceptors (Lipinski definition) is 4. The summed E-state index contributed by atoms with van der Waals surface area (Å²) < 4.78 is 7.37. The molecule has 0 N–H and O–H groups in total. The zero-order valence-electron chi connectivity index (χ0n) is 9.51. The molecule has 0 fully saturated rings. The zero-order chi connectivity index (χ0) is 12.1. The second kappa shape index (κ2) is 5.63. The van der Waals surface area contributed by atoms with Crippen LogP contribution in [0.2, 0.25) is 5.15 Å². The highest BCUT2D eigenvalue weighted by molar-refractivity contribution is 6.30. The molecule has 17 heavy (non-hydrogen) atoms. The number of hydrogen-bond donors (Lipinski definition) is 0. The highest BCUT2D eigenvalue weighted by Gasteiger charge is 2.06. The van der Waals surface area contributed by atoms with Crippen LogP contribution in [0, 0.1) is 0 Å². The largest absolute Gasteiger partial charge is 0.482 e. The molecule has 0 aliphatic heterocycles. The normalized spacial score (nSPS) is 10.5. The first-order valence-corrected chi connectivity index (χ1v) is 5.79. The number of ether oxygens (including phenoxy) is 1. The summed E-state index contributed by atoms with van der Waals surface area (Å²) in [6, 6.07) is 3.55. The maximum atomic E-state index is 5.89. The number of aryl methyl sites for hydroxylation is 1. The molecular formula is C11H13ClN4O. The van der Waals surface area contributed by atoms with E-state index in [1.54, 1.807) is 18.3 Å². The number of aromatic nitrogens is 4. The Morgan fingerprint density at radius 2 is 2.29 bits per heavy atom. The van der Waals surface area contributed by atoms with Crippen molar-refractivity contribution in [2.45, 2.75) is 26.5 Å². The lowest BCUT2D eigenvalue weighted by Gasteiger charge is -2.07. The number of rotatable bonds is 5. The summed E-state index contributed by atoms with van der Waals surface area (Å²) >= 11 is 5.89. The Kier molecular flexibility index (Phi) is 3.93. The fourth-order valence-corrected chi connectivity index (χ4v) is 1.59. The smallest absolute Gasteiger partial charge is 0.171 e. The van der Waals surface area contributed by atoms with Gasteiger partial charge in [0.25, 0.3) is 0 Å². The van der Waals surface area contributed by atoms with Gasteiger partial charge >= 0.3 is 0 Å². The predicted molar refractivity (Wildman–Crippen MR) is 63.9 cm³/mol. The van der Waals surface area contributed by atoms with Gasteiger partial charge in [-0.05, 0) is 18.6 Å². The molecule has 0 saturated carbocycles. The van der Waals surface area contributed by atoms with Crippen molar-refractivity contribution in [3.05, 3.63) is 35.6 Å². The van der Waals surface area contributed by atoms with Crippen molar-refractivity contribution >= 4 is 11.6 Å². The summed E-state index contributed by atoms with van der Waals surface area (Å²) in [5.74, 6) is 1.34. The van der Waals surface area contributed by atoms with Crippen molar-refractivity contribution in [2.24, 2.45) is 0 Å². The maximum Gasteiger partial charge on any atom is 0.171 e. The molecule has 0 aliphatic rings. The number of halogens is 1. The fraction of sp³-hybridized carbons (Fsp3) is 0.364. The Hall–Kier alpha value is -1.62. The molecule has 2 aromatic heterocycles. The van der Waals surface area contributed by atoms with E-state index < -0.39 is 0 Å². The van der Waals surface area contributed by atoms with Gasteiger partial charge in [0.2, 0.25) is 0 Å². The molecule has 2 aromatic rings. The summed E-state index contributed by atoms with van der Waals surface area (Å²) in [5, 5.41) is 4.47. The number of nitrogens with zero attached hydrogens (tertiary/aromatic N) is 4. The molecule has 0 radical (unpaired) electrons. The summed E-state index contributed by atoms with van der Waals surface area (Å²) in [4.78, 5) is 8.08. The summed E-state index contributed by atoms with van der Waals surface area (Å²) in [6.07, 6.45) is 4.15. The van der Waals surface area contributed by atoms with E-state index in [2.05, 4.69) is 22.0 Å². The van der Waals surface area contributed by atoms with E-state index in [1.165, 1.54) is 6.33 Å². The third-order valence-electron chi connectivity index (χ3n) is 2.21. The molecule has 2 rings (SSSR count). The average molecular weight is 253 g/mol. The molecule has 0 saturated heterocycles. The molecule has 0 atom stereocenters. The third-order valence-corrected chi connectivity index (χ3v) is 2.50. The van der Waals surface area contributed by atoms with Crippen LogP contribution in [0.4, 0.5) is 0 Å². The van der Waals surface area contributed by atoms with Crippen LogP contribution in [0.15, 0.2) is 24.7 Å². The first kappa shape index (κ1) is 11.9. The van der Waals surface area contributed by atoms with Gasteiger partial charge in [0.05, 0.1) is 0 Å². The third kappa shape index (κ3) is 2.94. The topological polar surface area (TPSA) is 52.8 Å². The van der Waals surface area contributed by atoms with Crippen LogP contribution >= 0.6 is 11.6 Å². The van der Waals surface area contributed by atoms with Crippen molar-refractivity contribution in [3.63, 3.8) is 0 Å². The molecule has 0 aromatic carbocycles. The molecule has 0 aliphatic carbocycles. The quantitative estimate of drug-likeness (QED) is 0.767. The molecule has 0 amide bonds. The molecule has 6 heteroatoms.